The van der Waals surface area contributed by atoms with Gasteiger partial charge in [0.05, 0.1) is 19.1 Å². The van der Waals surface area contributed by atoms with Gasteiger partial charge in [0.1, 0.15) is 0 Å². The quantitative estimate of drug-likeness (QED) is 0.787. The van der Waals surface area contributed by atoms with Crippen molar-refractivity contribution in [1.29, 1.82) is 0 Å². The Morgan fingerprint density at radius 2 is 2.09 bits per heavy atom. The third-order valence-corrected chi connectivity index (χ3v) is 5.04. The van der Waals surface area contributed by atoms with Gasteiger partial charge in [0.15, 0.2) is 5.76 Å². The first kappa shape index (κ1) is 17.4. The zero-order chi connectivity index (χ0) is 17.2. The van der Waals surface area contributed by atoms with Gasteiger partial charge < -0.3 is 19.2 Å². The zero-order valence-corrected chi connectivity index (χ0v) is 13.6. The molecular weight excluding hydrogens is 328 g/mol. The molecule has 1 aromatic heterocycles. The Labute approximate surface area is 133 Å². The predicted octanol–water partition coefficient (Wildman–Crippen LogP) is -0.154. The van der Waals surface area contributed by atoms with Gasteiger partial charge in [-0.05, 0) is 12.1 Å². The second-order valence-corrected chi connectivity index (χ2v) is 7.33. The van der Waals surface area contributed by atoms with Crippen LogP contribution in [0, 0.1) is 0 Å². The standard InChI is InChI=1S/C13H18N2O7S/c1-14(2)23(19,20)12-4-3-10(22-12)13(18)15-5-6-21-9(8-15)7-11(16)17/h3-4,9H,5-8H2,1-2H3,(H,16,17). The summed E-state index contributed by atoms with van der Waals surface area (Å²) in [5, 5.41) is 8.46. The average molecular weight is 346 g/mol. The van der Waals surface area contributed by atoms with Crippen molar-refractivity contribution in [3.63, 3.8) is 0 Å². The van der Waals surface area contributed by atoms with Crippen molar-refractivity contribution in [3.8, 4) is 0 Å². The Bertz CT molecular complexity index is 695. The highest BCUT2D eigenvalue weighted by atomic mass is 32.2. The summed E-state index contributed by atoms with van der Waals surface area (Å²) in [6, 6.07) is 2.51. The van der Waals surface area contributed by atoms with Crippen molar-refractivity contribution in [2.45, 2.75) is 17.6 Å². The zero-order valence-electron chi connectivity index (χ0n) is 12.8. The average Bonchev–Trinajstić information content (AvgIpc) is 2.96. The number of carbonyl (C=O) groups is 2. The summed E-state index contributed by atoms with van der Waals surface area (Å²) >= 11 is 0. The Morgan fingerprint density at radius 3 is 2.70 bits per heavy atom. The van der Waals surface area contributed by atoms with Crippen LogP contribution in [0.4, 0.5) is 0 Å². The van der Waals surface area contributed by atoms with Crippen LogP contribution >= 0.6 is 0 Å². The van der Waals surface area contributed by atoms with Crippen LogP contribution in [-0.4, -0.2) is 74.5 Å². The molecule has 9 nitrogen and oxygen atoms in total. The third kappa shape index (κ3) is 3.89. The van der Waals surface area contributed by atoms with Crippen molar-refractivity contribution in [2.75, 3.05) is 33.8 Å². The number of hydrogen-bond acceptors (Lipinski definition) is 6. The van der Waals surface area contributed by atoms with Crippen molar-refractivity contribution in [1.82, 2.24) is 9.21 Å². The van der Waals surface area contributed by atoms with Gasteiger partial charge in [-0.2, -0.15) is 0 Å². The van der Waals surface area contributed by atoms with Crippen molar-refractivity contribution < 1.29 is 32.3 Å². The third-order valence-electron chi connectivity index (χ3n) is 3.36. The molecule has 0 aromatic carbocycles. The summed E-state index contributed by atoms with van der Waals surface area (Å²) in [5.41, 5.74) is 0. The lowest BCUT2D eigenvalue weighted by atomic mass is 10.2. The number of carboxylic acid groups (broad SMARTS) is 1. The monoisotopic (exact) mass is 346 g/mol. The number of morpholine rings is 1. The van der Waals surface area contributed by atoms with E-state index in [1.165, 1.54) is 31.1 Å². The maximum atomic E-state index is 12.4. The van der Waals surface area contributed by atoms with E-state index in [1.807, 2.05) is 0 Å². The molecule has 1 aliphatic heterocycles. The summed E-state index contributed by atoms with van der Waals surface area (Å²) in [6.45, 7) is 0.611. The molecule has 1 fully saturated rings. The lowest BCUT2D eigenvalue weighted by Crippen LogP contribution is -2.46. The number of ether oxygens (including phenoxy) is 1. The number of furan rings is 1. The summed E-state index contributed by atoms with van der Waals surface area (Å²) in [4.78, 5) is 24.5. The molecule has 0 bridgehead atoms. The molecule has 1 aliphatic rings. The minimum absolute atomic E-state index is 0.110. The number of hydrogen-bond donors (Lipinski definition) is 1. The normalized spacial score (nSPS) is 19.1. The topological polar surface area (TPSA) is 117 Å². The van der Waals surface area contributed by atoms with Gasteiger partial charge in [-0.25, -0.2) is 12.7 Å². The van der Waals surface area contributed by atoms with Gasteiger partial charge in [0.25, 0.3) is 15.9 Å². The Hall–Kier alpha value is -1.91. The van der Waals surface area contributed by atoms with Gasteiger partial charge in [0.2, 0.25) is 5.09 Å². The van der Waals surface area contributed by atoms with Gasteiger partial charge in [-0.1, -0.05) is 0 Å². The van der Waals surface area contributed by atoms with E-state index in [9.17, 15) is 18.0 Å². The first-order valence-corrected chi connectivity index (χ1v) is 8.31. The fourth-order valence-corrected chi connectivity index (χ4v) is 2.93. The summed E-state index contributed by atoms with van der Waals surface area (Å²) < 4.78 is 35.3. The molecule has 1 aromatic rings. The summed E-state index contributed by atoms with van der Waals surface area (Å²) in [5.74, 6) is -1.62. The smallest absolute Gasteiger partial charge is 0.306 e. The molecule has 23 heavy (non-hydrogen) atoms. The first-order valence-electron chi connectivity index (χ1n) is 6.87. The molecule has 10 heteroatoms. The van der Waals surface area contributed by atoms with Gasteiger partial charge >= 0.3 is 5.97 Å². The summed E-state index contributed by atoms with van der Waals surface area (Å²) in [6.07, 6.45) is -0.799. The number of nitrogens with zero attached hydrogens (tertiary/aromatic N) is 2. The molecule has 1 saturated heterocycles. The molecule has 1 atom stereocenters. The highest BCUT2D eigenvalue weighted by Crippen LogP contribution is 2.19. The van der Waals surface area contributed by atoms with E-state index in [0.29, 0.717) is 0 Å². The van der Waals surface area contributed by atoms with Gasteiger partial charge in [0, 0.05) is 27.2 Å². The van der Waals surface area contributed by atoms with Crippen molar-refractivity contribution in [3.05, 3.63) is 17.9 Å². The highest BCUT2D eigenvalue weighted by molar-refractivity contribution is 7.88. The number of carbonyl (C=O) groups excluding carboxylic acids is 1. The lowest BCUT2D eigenvalue weighted by molar-refractivity contribution is -0.141. The Balaban J connectivity index is 2.12. The molecule has 0 saturated carbocycles. The molecule has 1 unspecified atom stereocenters. The number of amides is 1. The van der Waals surface area contributed by atoms with Crippen LogP contribution in [-0.2, 0) is 19.6 Å². The van der Waals surface area contributed by atoms with Crippen LogP contribution < -0.4 is 0 Å². The number of rotatable bonds is 5. The first-order chi connectivity index (χ1) is 10.7. The van der Waals surface area contributed by atoms with Gasteiger partial charge in [-0.15, -0.1) is 0 Å². The molecule has 0 spiro atoms. The largest absolute Gasteiger partial charge is 0.481 e. The van der Waals surface area contributed by atoms with E-state index in [1.54, 1.807) is 0 Å². The van der Waals surface area contributed by atoms with E-state index in [2.05, 4.69) is 0 Å². The van der Waals surface area contributed by atoms with Crippen LogP contribution in [0.5, 0.6) is 0 Å². The Morgan fingerprint density at radius 1 is 1.39 bits per heavy atom. The highest BCUT2D eigenvalue weighted by Gasteiger charge is 2.29. The predicted molar refractivity (Wildman–Crippen MR) is 77.5 cm³/mol. The minimum atomic E-state index is -3.75. The SMILES string of the molecule is CN(C)S(=O)(=O)c1ccc(C(=O)N2CCOC(CC(=O)O)C2)o1. The number of sulfonamides is 1. The molecule has 0 radical (unpaired) electrons. The van der Waals surface area contributed by atoms with Crippen LogP contribution in [0.15, 0.2) is 21.6 Å². The fraction of sp³-hybridized carbons (Fsp3) is 0.538. The maximum absolute atomic E-state index is 12.4. The van der Waals surface area contributed by atoms with E-state index < -0.39 is 28.0 Å². The van der Waals surface area contributed by atoms with Crippen LogP contribution in [0.25, 0.3) is 0 Å². The molecule has 2 rings (SSSR count). The van der Waals surface area contributed by atoms with Crippen molar-refractivity contribution >= 4 is 21.9 Å². The molecule has 1 N–H and O–H groups in total. The molecule has 2 heterocycles. The lowest BCUT2D eigenvalue weighted by Gasteiger charge is -2.31. The van der Waals surface area contributed by atoms with Crippen LogP contribution in [0.2, 0.25) is 0 Å². The molecule has 128 valence electrons. The molecule has 0 aliphatic carbocycles. The maximum Gasteiger partial charge on any atom is 0.306 e. The van der Waals surface area contributed by atoms with E-state index in [-0.39, 0.29) is 37.0 Å². The fourth-order valence-electron chi connectivity index (χ4n) is 2.13. The summed E-state index contributed by atoms with van der Waals surface area (Å²) in [7, 11) is -1.04. The number of carboxylic acids is 1. The number of aliphatic carboxylic acids is 1. The molecular formula is C13H18N2O7S. The van der Waals surface area contributed by atoms with E-state index in [4.69, 9.17) is 14.3 Å². The van der Waals surface area contributed by atoms with Crippen LogP contribution in [0.1, 0.15) is 17.0 Å². The Kier molecular flexibility index (Phi) is 5.07. The van der Waals surface area contributed by atoms with E-state index >= 15 is 0 Å². The molecule has 1 amide bonds. The van der Waals surface area contributed by atoms with Gasteiger partial charge in [-0.3, -0.25) is 9.59 Å². The second-order valence-electron chi connectivity index (χ2n) is 5.25. The minimum Gasteiger partial charge on any atom is -0.481 e. The van der Waals surface area contributed by atoms with E-state index in [0.717, 1.165) is 4.31 Å². The second kappa shape index (κ2) is 6.69. The van der Waals surface area contributed by atoms with Crippen molar-refractivity contribution in [2.24, 2.45) is 0 Å². The van der Waals surface area contributed by atoms with Crippen LogP contribution in [0.3, 0.4) is 0 Å².